The maximum Gasteiger partial charge on any atom is 0.384 e. The first-order valence-corrected chi connectivity index (χ1v) is 4.46. The van der Waals surface area contributed by atoms with Gasteiger partial charge in [-0.1, -0.05) is 6.07 Å². The molecule has 94 valence electrons. The van der Waals surface area contributed by atoms with Crippen molar-refractivity contribution in [3.05, 3.63) is 30.1 Å². The number of carbonyl (C=O) groups excluding carboxylic acids is 1. The van der Waals surface area contributed by atoms with Gasteiger partial charge in [-0.2, -0.15) is 8.78 Å². The molecule has 0 radical (unpaired) electrons. The lowest BCUT2D eigenvalue weighted by Gasteiger charge is -2.22. The summed E-state index contributed by atoms with van der Waals surface area (Å²) in [5, 5.41) is 0. The SMILES string of the molecule is CN(C(=O)C(F)(F)C(F)F)c1cccc(F)c1. The van der Waals surface area contributed by atoms with Crippen LogP contribution in [-0.2, 0) is 4.79 Å². The zero-order valence-corrected chi connectivity index (χ0v) is 8.63. The van der Waals surface area contributed by atoms with E-state index in [4.69, 9.17) is 0 Å². The first kappa shape index (κ1) is 13.4. The Balaban J connectivity index is 2.98. The molecular weight excluding hydrogens is 245 g/mol. The molecule has 1 rings (SSSR count). The smallest absolute Gasteiger partial charge is 0.310 e. The number of alkyl halides is 4. The van der Waals surface area contributed by atoms with Gasteiger partial charge in [-0.15, -0.1) is 0 Å². The van der Waals surface area contributed by atoms with E-state index in [0.29, 0.717) is 0 Å². The van der Waals surface area contributed by atoms with Gasteiger partial charge in [0.1, 0.15) is 5.82 Å². The molecule has 0 aromatic heterocycles. The van der Waals surface area contributed by atoms with Crippen LogP contribution in [0.4, 0.5) is 27.6 Å². The normalized spacial score (nSPS) is 11.7. The van der Waals surface area contributed by atoms with Gasteiger partial charge in [-0.25, -0.2) is 13.2 Å². The number of halogens is 5. The van der Waals surface area contributed by atoms with E-state index in [1.165, 1.54) is 6.07 Å². The van der Waals surface area contributed by atoms with Crippen molar-refractivity contribution < 1.29 is 26.7 Å². The van der Waals surface area contributed by atoms with E-state index in [1.807, 2.05) is 0 Å². The third-order valence-electron chi connectivity index (χ3n) is 2.06. The van der Waals surface area contributed by atoms with Gasteiger partial charge in [-0.05, 0) is 18.2 Å². The number of amides is 1. The molecule has 0 aliphatic rings. The maximum atomic E-state index is 12.8. The molecule has 0 N–H and O–H groups in total. The van der Waals surface area contributed by atoms with Crippen molar-refractivity contribution in [1.82, 2.24) is 0 Å². The summed E-state index contributed by atoms with van der Waals surface area (Å²) in [5.74, 6) is -7.64. The molecular formula is C10H8F5NO. The van der Waals surface area contributed by atoms with Gasteiger partial charge >= 0.3 is 18.3 Å². The summed E-state index contributed by atoms with van der Waals surface area (Å²) in [4.78, 5) is 11.4. The highest BCUT2D eigenvalue weighted by Crippen LogP contribution is 2.27. The molecule has 0 unspecified atom stereocenters. The van der Waals surface area contributed by atoms with Crippen LogP contribution in [-0.4, -0.2) is 25.3 Å². The van der Waals surface area contributed by atoms with E-state index in [9.17, 15) is 26.7 Å². The van der Waals surface area contributed by atoms with Crippen molar-refractivity contribution in [3.8, 4) is 0 Å². The minimum Gasteiger partial charge on any atom is -0.310 e. The Kier molecular flexibility index (Phi) is 3.69. The van der Waals surface area contributed by atoms with Gasteiger partial charge in [0.25, 0.3) is 0 Å². The summed E-state index contributed by atoms with van der Waals surface area (Å²) in [6.45, 7) is 0. The monoisotopic (exact) mass is 253 g/mol. The molecule has 0 spiro atoms. The predicted molar refractivity (Wildman–Crippen MR) is 50.8 cm³/mol. The number of nitrogens with zero attached hydrogens (tertiary/aromatic N) is 1. The third-order valence-corrected chi connectivity index (χ3v) is 2.06. The Morgan fingerprint density at radius 2 is 1.94 bits per heavy atom. The average Bonchev–Trinajstić information content (AvgIpc) is 2.26. The van der Waals surface area contributed by atoms with Crippen molar-refractivity contribution in [3.63, 3.8) is 0 Å². The van der Waals surface area contributed by atoms with E-state index in [1.54, 1.807) is 0 Å². The minimum atomic E-state index is -4.79. The maximum absolute atomic E-state index is 12.8. The number of hydrogen-bond acceptors (Lipinski definition) is 1. The van der Waals surface area contributed by atoms with Crippen LogP contribution in [0.3, 0.4) is 0 Å². The van der Waals surface area contributed by atoms with Crippen molar-refractivity contribution in [2.45, 2.75) is 12.3 Å². The number of carbonyl (C=O) groups is 1. The lowest BCUT2D eigenvalue weighted by atomic mass is 10.2. The highest BCUT2D eigenvalue weighted by atomic mass is 19.3. The number of hydrogen-bond donors (Lipinski definition) is 0. The van der Waals surface area contributed by atoms with E-state index < -0.39 is 24.1 Å². The van der Waals surface area contributed by atoms with Crippen LogP contribution in [0.2, 0.25) is 0 Å². The average molecular weight is 253 g/mol. The lowest BCUT2D eigenvalue weighted by Crippen LogP contribution is -2.46. The molecule has 1 aromatic rings. The molecule has 17 heavy (non-hydrogen) atoms. The zero-order chi connectivity index (χ0) is 13.2. The van der Waals surface area contributed by atoms with Crippen LogP contribution in [0.25, 0.3) is 0 Å². The molecule has 0 atom stereocenters. The van der Waals surface area contributed by atoms with E-state index in [2.05, 4.69) is 0 Å². The van der Waals surface area contributed by atoms with Crippen LogP contribution < -0.4 is 4.90 Å². The summed E-state index contributed by atoms with van der Waals surface area (Å²) in [5.41, 5.74) is -0.227. The van der Waals surface area contributed by atoms with Crippen LogP contribution in [0, 0.1) is 5.82 Å². The fraction of sp³-hybridized carbons (Fsp3) is 0.300. The number of benzene rings is 1. The summed E-state index contributed by atoms with van der Waals surface area (Å²) >= 11 is 0. The molecule has 2 nitrogen and oxygen atoms in total. The Morgan fingerprint density at radius 1 is 1.35 bits per heavy atom. The topological polar surface area (TPSA) is 20.3 Å². The molecule has 0 aliphatic heterocycles. The first-order chi connectivity index (χ1) is 7.76. The summed E-state index contributed by atoms with van der Waals surface area (Å²) in [6, 6.07) is 4.16. The predicted octanol–water partition coefficient (Wildman–Crippen LogP) is 2.69. The second-order valence-corrected chi connectivity index (χ2v) is 3.27. The second kappa shape index (κ2) is 4.68. The van der Waals surface area contributed by atoms with Crippen molar-refractivity contribution in [2.75, 3.05) is 11.9 Å². The van der Waals surface area contributed by atoms with Gasteiger partial charge < -0.3 is 4.90 Å². The van der Waals surface area contributed by atoms with Gasteiger partial charge in [0.2, 0.25) is 0 Å². The number of rotatable bonds is 3. The fourth-order valence-electron chi connectivity index (χ4n) is 1.12. The van der Waals surface area contributed by atoms with Crippen molar-refractivity contribution in [1.29, 1.82) is 0 Å². The molecule has 0 bridgehead atoms. The minimum absolute atomic E-state index is 0.227. The zero-order valence-electron chi connectivity index (χ0n) is 8.63. The van der Waals surface area contributed by atoms with E-state index in [0.717, 1.165) is 25.2 Å². The number of anilines is 1. The third kappa shape index (κ3) is 2.72. The van der Waals surface area contributed by atoms with Crippen LogP contribution in [0.5, 0.6) is 0 Å². The fourth-order valence-corrected chi connectivity index (χ4v) is 1.12. The van der Waals surface area contributed by atoms with Crippen LogP contribution in [0.15, 0.2) is 24.3 Å². The quantitative estimate of drug-likeness (QED) is 0.758. The summed E-state index contributed by atoms with van der Waals surface area (Å²) in [6.07, 6.45) is -4.11. The van der Waals surface area contributed by atoms with Gasteiger partial charge in [-0.3, -0.25) is 4.79 Å². The van der Waals surface area contributed by atoms with Crippen molar-refractivity contribution >= 4 is 11.6 Å². The Labute approximate surface area is 93.6 Å². The molecule has 0 saturated heterocycles. The Morgan fingerprint density at radius 3 is 2.41 bits per heavy atom. The molecule has 7 heteroatoms. The first-order valence-electron chi connectivity index (χ1n) is 4.46. The lowest BCUT2D eigenvalue weighted by molar-refractivity contribution is -0.166. The summed E-state index contributed by atoms with van der Waals surface area (Å²) in [7, 11) is 0.868. The Hall–Kier alpha value is -1.66. The van der Waals surface area contributed by atoms with E-state index in [-0.39, 0.29) is 10.6 Å². The van der Waals surface area contributed by atoms with Gasteiger partial charge in [0, 0.05) is 12.7 Å². The molecule has 0 heterocycles. The summed E-state index contributed by atoms with van der Waals surface area (Å²) < 4.78 is 62.1. The molecule has 0 aliphatic carbocycles. The standard InChI is InChI=1S/C10H8F5NO/c1-16(7-4-2-3-6(11)5-7)9(17)10(14,15)8(12)13/h2-5,8H,1H3. The van der Waals surface area contributed by atoms with Crippen molar-refractivity contribution in [2.24, 2.45) is 0 Å². The highest BCUT2D eigenvalue weighted by Gasteiger charge is 2.50. The molecule has 0 saturated carbocycles. The molecule has 0 fully saturated rings. The van der Waals surface area contributed by atoms with E-state index >= 15 is 0 Å². The highest BCUT2D eigenvalue weighted by molar-refractivity contribution is 5.98. The largest absolute Gasteiger partial charge is 0.384 e. The molecule has 1 aromatic carbocycles. The van der Waals surface area contributed by atoms with Gasteiger partial charge in [0.15, 0.2) is 0 Å². The van der Waals surface area contributed by atoms with Gasteiger partial charge in [0.05, 0.1) is 0 Å². The molecule has 1 amide bonds. The van der Waals surface area contributed by atoms with Crippen LogP contribution in [0.1, 0.15) is 0 Å². The second-order valence-electron chi connectivity index (χ2n) is 3.27. The van der Waals surface area contributed by atoms with Crippen LogP contribution >= 0.6 is 0 Å². The Bertz CT molecular complexity index is 421.